The van der Waals surface area contributed by atoms with E-state index in [2.05, 4.69) is 30.6 Å². The van der Waals surface area contributed by atoms with E-state index in [0.717, 1.165) is 30.5 Å². The molecule has 2 N–H and O–H groups in total. The molecule has 10 nitrogen and oxygen atoms in total. The molecule has 4 heterocycles. The number of rotatable bonds is 4. The smallest absolute Gasteiger partial charge is 0.232 e. The van der Waals surface area contributed by atoms with Crippen LogP contribution >= 0.6 is 23.2 Å². The van der Waals surface area contributed by atoms with Gasteiger partial charge >= 0.3 is 0 Å². The number of aromatic nitrogens is 7. The first kappa shape index (κ1) is 21.5. The number of aliphatic hydroxyl groups excluding tert-OH is 1. The number of carbonyl (C=O) groups excluding carboxylic acids is 1. The minimum absolute atomic E-state index is 0.0824. The fraction of sp³-hybridized carbons (Fsp3) is 0.364. The zero-order chi connectivity index (χ0) is 23.6. The molecule has 0 radical (unpaired) electrons. The van der Waals surface area contributed by atoms with Gasteiger partial charge in [0, 0.05) is 23.2 Å². The Bertz CT molecular complexity index is 1440. The van der Waals surface area contributed by atoms with Crippen molar-refractivity contribution in [3.63, 3.8) is 0 Å². The van der Waals surface area contributed by atoms with Gasteiger partial charge in [-0.15, -0.1) is 9.90 Å². The molecule has 0 bridgehead atoms. The number of fused-ring (bicyclic) bond motifs is 4. The van der Waals surface area contributed by atoms with E-state index in [0.29, 0.717) is 34.4 Å². The molecular weight excluding hydrogens is 479 g/mol. The largest absolute Gasteiger partial charge is 0.387 e. The lowest BCUT2D eigenvalue weighted by Crippen LogP contribution is -2.34. The van der Waals surface area contributed by atoms with Crippen LogP contribution in [-0.2, 0) is 10.2 Å². The average molecular weight is 499 g/mol. The van der Waals surface area contributed by atoms with Gasteiger partial charge in [-0.3, -0.25) is 4.79 Å². The van der Waals surface area contributed by atoms with Crippen LogP contribution in [0.3, 0.4) is 0 Å². The van der Waals surface area contributed by atoms with E-state index < -0.39 is 6.10 Å². The van der Waals surface area contributed by atoms with Crippen LogP contribution in [0.4, 0.5) is 5.69 Å². The molecule has 6 rings (SSSR count). The number of hydrogen-bond donors (Lipinski definition) is 2. The molecule has 1 amide bonds. The fourth-order valence-corrected chi connectivity index (χ4v) is 5.44. The van der Waals surface area contributed by atoms with E-state index in [1.165, 1.54) is 17.2 Å². The van der Waals surface area contributed by atoms with Gasteiger partial charge in [0.25, 0.3) is 0 Å². The molecule has 4 aromatic rings. The number of amides is 1. The highest BCUT2D eigenvalue weighted by molar-refractivity contribution is 6.32. The Morgan fingerprint density at radius 2 is 2.03 bits per heavy atom. The van der Waals surface area contributed by atoms with Gasteiger partial charge in [-0.2, -0.15) is 10.2 Å². The number of carbonyl (C=O) groups is 1. The molecule has 12 heteroatoms. The van der Waals surface area contributed by atoms with Crippen molar-refractivity contribution >= 4 is 40.4 Å². The third-order valence-corrected chi connectivity index (χ3v) is 7.26. The van der Waals surface area contributed by atoms with Gasteiger partial charge in [-0.25, -0.2) is 14.5 Å². The molecule has 2 atom stereocenters. The van der Waals surface area contributed by atoms with Crippen molar-refractivity contribution in [1.29, 1.82) is 0 Å². The topological polar surface area (TPSA) is 123 Å². The maximum Gasteiger partial charge on any atom is 0.232 e. The third-order valence-electron chi connectivity index (χ3n) is 6.80. The molecule has 1 saturated carbocycles. The van der Waals surface area contributed by atoms with Crippen LogP contribution in [0.5, 0.6) is 0 Å². The van der Waals surface area contributed by atoms with E-state index in [1.807, 2.05) is 0 Å². The number of aliphatic hydroxyl groups is 1. The summed E-state index contributed by atoms with van der Waals surface area (Å²) in [6.45, 7) is 1.60. The van der Waals surface area contributed by atoms with Crippen molar-refractivity contribution in [2.24, 2.45) is 0 Å². The summed E-state index contributed by atoms with van der Waals surface area (Å²) in [6, 6.07) is 3.34. The third kappa shape index (κ3) is 3.28. The van der Waals surface area contributed by atoms with Gasteiger partial charge < -0.3 is 10.4 Å². The summed E-state index contributed by atoms with van der Waals surface area (Å²) in [7, 11) is 0. The van der Waals surface area contributed by atoms with Crippen molar-refractivity contribution in [2.45, 2.75) is 50.0 Å². The lowest BCUT2D eigenvalue weighted by atomic mass is 9.66. The lowest BCUT2D eigenvalue weighted by molar-refractivity contribution is -0.117. The monoisotopic (exact) mass is 498 g/mol. The first-order valence-corrected chi connectivity index (χ1v) is 11.7. The minimum Gasteiger partial charge on any atom is -0.387 e. The first-order valence-electron chi connectivity index (χ1n) is 11.0. The van der Waals surface area contributed by atoms with Gasteiger partial charge in [0.15, 0.2) is 16.6 Å². The Morgan fingerprint density at radius 3 is 2.71 bits per heavy atom. The zero-order valence-corrected chi connectivity index (χ0v) is 19.6. The summed E-state index contributed by atoms with van der Waals surface area (Å²) in [4.78, 5) is 23.4. The second-order valence-corrected chi connectivity index (χ2v) is 9.74. The summed E-state index contributed by atoms with van der Waals surface area (Å²) >= 11 is 12.6. The summed E-state index contributed by atoms with van der Waals surface area (Å²) in [5.74, 6) is -0.216. The Kier molecular flexibility index (Phi) is 4.87. The Morgan fingerprint density at radius 1 is 1.21 bits per heavy atom. The number of nitrogens with zero attached hydrogens (tertiary/aromatic N) is 7. The van der Waals surface area contributed by atoms with E-state index in [4.69, 9.17) is 23.2 Å². The average Bonchev–Trinajstić information content (AvgIpc) is 3.47. The van der Waals surface area contributed by atoms with Crippen molar-refractivity contribution in [3.05, 3.63) is 57.9 Å². The van der Waals surface area contributed by atoms with Crippen molar-refractivity contribution in [2.75, 3.05) is 5.32 Å². The zero-order valence-electron chi connectivity index (χ0n) is 18.1. The second-order valence-electron chi connectivity index (χ2n) is 8.94. The van der Waals surface area contributed by atoms with E-state index in [9.17, 15) is 9.90 Å². The van der Waals surface area contributed by atoms with Crippen LogP contribution in [0.15, 0.2) is 30.7 Å². The number of halogens is 2. The van der Waals surface area contributed by atoms with Gasteiger partial charge in [0.2, 0.25) is 5.91 Å². The van der Waals surface area contributed by atoms with Crippen LogP contribution in [0.1, 0.15) is 61.6 Å². The Hall–Kier alpha value is -3.08. The Balaban J connectivity index is 1.28. The summed E-state index contributed by atoms with van der Waals surface area (Å²) in [5.41, 5.74) is 3.40. The summed E-state index contributed by atoms with van der Waals surface area (Å²) in [6.07, 6.45) is 7.81. The highest BCUT2D eigenvalue weighted by atomic mass is 35.5. The van der Waals surface area contributed by atoms with Crippen LogP contribution in [0.2, 0.25) is 10.2 Å². The molecule has 4 aromatic heterocycles. The highest BCUT2D eigenvalue weighted by Crippen LogP contribution is 2.56. The summed E-state index contributed by atoms with van der Waals surface area (Å²) < 4.78 is 1.80. The standard InChI is InChI=1S/C22H20Cl2N8O2/c1-11(33)16-10-27-32(29-16)20-15(23)5-12(8-26-20)28-21(34)13-7-22(3-2-4-22)19-14(13)9-25-18-6-17(24)30-31(18)19/h5-6,8-11,13,33H,2-4,7H2,1H3,(H,28,34)/t11-,13-/m0/s1. The number of nitrogens with one attached hydrogen (secondary N) is 1. The maximum absolute atomic E-state index is 13.4. The van der Waals surface area contributed by atoms with Crippen LogP contribution in [-0.4, -0.2) is 45.6 Å². The molecule has 2 aliphatic carbocycles. The lowest BCUT2D eigenvalue weighted by Gasteiger charge is -2.39. The molecule has 1 spiro atoms. The van der Waals surface area contributed by atoms with E-state index >= 15 is 0 Å². The van der Waals surface area contributed by atoms with Crippen molar-refractivity contribution in [3.8, 4) is 5.82 Å². The molecule has 0 aromatic carbocycles. The Labute approximate surface area is 203 Å². The molecule has 174 valence electrons. The van der Waals surface area contributed by atoms with Gasteiger partial charge in [-0.05, 0) is 32.3 Å². The molecule has 1 fully saturated rings. The molecule has 34 heavy (non-hydrogen) atoms. The predicted molar refractivity (Wildman–Crippen MR) is 124 cm³/mol. The van der Waals surface area contributed by atoms with Crippen LogP contribution in [0, 0.1) is 0 Å². The molecular formula is C22H20Cl2N8O2. The van der Waals surface area contributed by atoms with E-state index in [-0.39, 0.29) is 22.3 Å². The van der Waals surface area contributed by atoms with E-state index in [1.54, 1.807) is 29.8 Å². The quantitative estimate of drug-likeness (QED) is 0.440. The predicted octanol–water partition coefficient (Wildman–Crippen LogP) is 3.61. The molecule has 0 unspecified atom stereocenters. The second kappa shape index (κ2) is 7.72. The molecule has 2 aliphatic rings. The highest BCUT2D eigenvalue weighted by Gasteiger charge is 2.52. The number of anilines is 1. The number of pyridine rings is 1. The van der Waals surface area contributed by atoms with Crippen LogP contribution in [0.25, 0.3) is 11.5 Å². The summed E-state index contributed by atoms with van der Waals surface area (Å²) in [5, 5.41) is 26.0. The van der Waals surface area contributed by atoms with Gasteiger partial charge in [-0.1, -0.05) is 29.6 Å². The minimum atomic E-state index is -0.757. The van der Waals surface area contributed by atoms with Crippen LogP contribution < -0.4 is 5.32 Å². The SMILES string of the molecule is C[C@H](O)c1cnn(-c2ncc(NC(=O)[C@H]3CC4(CCC4)c4c3cnc3cc(Cl)nn43)cc2Cl)n1. The maximum atomic E-state index is 13.4. The van der Waals surface area contributed by atoms with Crippen molar-refractivity contribution in [1.82, 2.24) is 34.6 Å². The molecule has 0 saturated heterocycles. The van der Waals surface area contributed by atoms with Gasteiger partial charge in [0.1, 0.15) is 5.69 Å². The normalized spacial score (nSPS) is 19.2. The molecule has 0 aliphatic heterocycles. The number of hydrogen-bond acceptors (Lipinski definition) is 7. The van der Waals surface area contributed by atoms with Gasteiger partial charge in [0.05, 0.1) is 40.8 Å². The first-order chi connectivity index (χ1) is 16.3. The van der Waals surface area contributed by atoms with Crippen molar-refractivity contribution < 1.29 is 9.90 Å². The fourth-order valence-electron chi connectivity index (χ4n) is 5.02.